The lowest BCUT2D eigenvalue weighted by atomic mass is 9.95. The highest BCUT2D eigenvalue weighted by Crippen LogP contribution is 2.22. The molecule has 160 valence electrons. The maximum absolute atomic E-state index is 12.8. The number of aryl methyl sites for hydroxylation is 1. The number of nitrogens with zero attached hydrogens (tertiary/aromatic N) is 3. The van der Waals surface area contributed by atoms with Gasteiger partial charge in [-0.1, -0.05) is 31.0 Å². The van der Waals surface area contributed by atoms with Crippen LogP contribution >= 0.6 is 0 Å². The zero-order valence-electron chi connectivity index (χ0n) is 18.1. The number of likely N-dealkylation sites (tertiary alicyclic amines) is 1. The topological polar surface area (TPSA) is 70.2 Å². The first-order chi connectivity index (χ1) is 15.1. The van der Waals surface area contributed by atoms with Gasteiger partial charge in [0.1, 0.15) is 5.82 Å². The van der Waals surface area contributed by atoms with Crippen molar-refractivity contribution in [3.05, 3.63) is 71.9 Å². The second kappa shape index (κ2) is 9.60. The van der Waals surface area contributed by atoms with Crippen LogP contribution in [0, 0.1) is 12.8 Å². The van der Waals surface area contributed by atoms with Gasteiger partial charge in [-0.2, -0.15) is 4.98 Å². The van der Waals surface area contributed by atoms with Gasteiger partial charge in [0.2, 0.25) is 5.95 Å². The van der Waals surface area contributed by atoms with Crippen LogP contribution in [0.5, 0.6) is 0 Å². The van der Waals surface area contributed by atoms with Gasteiger partial charge in [-0.15, -0.1) is 0 Å². The number of carbonyl (C=O) groups excluding carboxylic acids is 1. The van der Waals surface area contributed by atoms with Crippen molar-refractivity contribution in [2.45, 2.75) is 33.1 Å². The third kappa shape index (κ3) is 5.40. The summed E-state index contributed by atoms with van der Waals surface area (Å²) in [5.41, 5.74) is 3.75. The quantitative estimate of drug-likeness (QED) is 0.554. The van der Waals surface area contributed by atoms with Gasteiger partial charge in [-0.05, 0) is 68.1 Å². The van der Waals surface area contributed by atoms with Crippen LogP contribution in [0.3, 0.4) is 0 Å². The van der Waals surface area contributed by atoms with Crippen LogP contribution in [0.15, 0.2) is 60.8 Å². The largest absolute Gasteiger partial charge is 0.340 e. The van der Waals surface area contributed by atoms with Gasteiger partial charge in [0.05, 0.1) is 0 Å². The number of hydrogen-bond donors (Lipinski definition) is 2. The predicted octanol–water partition coefficient (Wildman–Crippen LogP) is 5.53. The predicted molar refractivity (Wildman–Crippen MR) is 125 cm³/mol. The standard InChI is InChI=1S/C25H29N5O/c1-3-19-5-4-16-30(17-19)24(31)20-8-12-22(13-9-20)28-25-26-15-14-23(29-25)27-21-10-6-18(2)7-11-21/h6-15,19H,3-5,16-17H2,1-2H3,(H2,26,27,28,29). The maximum atomic E-state index is 12.8. The highest BCUT2D eigenvalue weighted by atomic mass is 16.2. The first kappa shape index (κ1) is 20.8. The molecule has 1 aliphatic heterocycles. The van der Waals surface area contributed by atoms with Crippen LogP contribution in [0.4, 0.5) is 23.1 Å². The molecule has 1 amide bonds. The molecular weight excluding hydrogens is 386 g/mol. The van der Waals surface area contributed by atoms with Crippen LogP contribution in [-0.4, -0.2) is 33.9 Å². The molecule has 6 heteroatoms. The summed E-state index contributed by atoms with van der Waals surface area (Å²) in [7, 11) is 0. The molecule has 1 fully saturated rings. The molecule has 2 N–H and O–H groups in total. The Labute approximate surface area is 183 Å². The van der Waals surface area contributed by atoms with E-state index in [1.165, 1.54) is 12.0 Å². The molecule has 1 aromatic heterocycles. The van der Waals surface area contributed by atoms with Crippen LogP contribution in [0.25, 0.3) is 0 Å². The van der Waals surface area contributed by atoms with E-state index in [4.69, 9.17) is 0 Å². The van der Waals surface area contributed by atoms with Gasteiger partial charge >= 0.3 is 0 Å². The molecule has 6 nitrogen and oxygen atoms in total. The first-order valence-corrected chi connectivity index (χ1v) is 10.9. The summed E-state index contributed by atoms with van der Waals surface area (Å²) in [6.45, 7) is 5.98. The van der Waals surface area contributed by atoms with E-state index in [0.717, 1.165) is 42.9 Å². The minimum Gasteiger partial charge on any atom is -0.340 e. The molecule has 1 aliphatic rings. The van der Waals surface area contributed by atoms with E-state index >= 15 is 0 Å². The third-order valence-corrected chi connectivity index (χ3v) is 5.75. The van der Waals surface area contributed by atoms with Gasteiger partial charge in [-0.3, -0.25) is 4.79 Å². The molecule has 0 spiro atoms. The number of benzene rings is 2. The summed E-state index contributed by atoms with van der Waals surface area (Å²) in [6.07, 6.45) is 5.16. The Balaban J connectivity index is 1.39. The van der Waals surface area contributed by atoms with E-state index in [-0.39, 0.29) is 5.91 Å². The Morgan fingerprint density at radius 3 is 2.48 bits per heavy atom. The Hall–Kier alpha value is -3.41. The minimum atomic E-state index is 0.116. The summed E-state index contributed by atoms with van der Waals surface area (Å²) < 4.78 is 0. The zero-order chi connectivity index (χ0) is 21.6. The van der Waals surface area contributed by atoms with Crippen molar-refractivity contribution in [2.24, 2.45) is 5.92 Å². The van der Waals surface area contributed by atoms with Crippen LogP contribution in [0.1, 0.15) is 42.1 Å². The molecule has 4 rings (SSSR count). The normalized spacial score (nSPS) is 16.1. The van der Waals surface area contributed by atoms with Crippen molar-refractivity contribution in [2.75, 3.05) is 23.7 Å². The fourth-order valence-corrected chi connectivity index (χ4v) is 3.86. The van der Waals surface area contributed by atoms with Crippen molar-refractivity contribution in [1.29, 1.82) is 0 Å². The highest BCUT2D eigenvalue weighted by Gasteiger charge is 2.23. The number of amides is 1. The Morgan fingerprint density at radius 2 is 1.74 bits per heavy atom. The van der Waals surface area contributed by atoms with E-state index in [1.54, 1.807) is 6.20 Å². The summed E-state index contributed by atoms with van der Waals surface area (Å²) >= 11 is 0. The molecule has 3 aromatic rings. The van der Waals surface area contributed by atoms with Crippen molar-refractivity contribution >= 4 is 29.0 Å². The maximum Gasteiger partial charge on any atom is 0.253 e. The average molecular weight is 416 g/mol. The van der Waals surface area contributed by atoms with E-state index in [1.807, 2.05) is 47.4 Å². The number of rotatable bonds is 6. The molecule has 1 atom stereocenters. The summed E-state index contributed by atoms with van der Waals surface area (Å²) in [4.78, 5) is 23.7. The summed E-state index contributed by atoms with van der Waals surface area (Å²) in [5, 5.41) is 6.50. The Morgan fingerprint density at radius 1 is 1.03 bits per heavy atom. The van der Waals surface area contributed by atoms with Gasteiger partial charge in [0.15, 0.2) is 0 Å². The molecule has 2 heterocycles. The van der Waals surface area contributed by atoms with E-state index < -0.39 is 0 Å². The molecule has 0 aliphatic carbocycles. The lowest BCUT2D eigenvalue weighted by Gasteiger charge is -2.32. The fourth-order valence-electron chi connectivity index (χ4n) is 3.86. The first-order valence-electron chi connectivity index (χ1n) is 10.9. The lowest BCUT2D eigenvalue weighted by Crippen LogP contribution is -2.39. The van der Waals surface area contributed by atoms with E-state index in [0.29, 0.717) is 17.7 Å². The third-order valence-electron chi connectivity index (χ3n) is 5.75. The summed E-state index contributed by atoms with van der Waals surface area (Å²) in [5.74, 6) is 1.95. The molecule has 0 bridgehead atoms. The molecule has 2 aromatic carbocycles. The van der Waals surface area contributed by atoms with Crippen molar-refractivity contribution in [3.8, 4) is 0 Å². The smallest absolute Gasteiger partial charge is 0.253 e. The number of aromatic nitrogens is 2. The number of hydrogen-bond acceptors (Lipinski definition) is 5. The van der Waals surface area contributed by atoms with E-state index in [9.17, 15) is 4.79 Å². The van der Waals surface area contributed by atoms with Gasteiger partial charge in [-0.25, -0.2) is 4.98 Å². The number of nitrogens with one attached hydrogen (secondary N) is 2. The number of anilines is 4. The number of carbonyl (C=O) groups is 1. The van der Waals surface area contributed by atoms with Crippen molar-refractivity contribution < 1.29 is 4.79 Å². The van der Waals surface area contributed by atoms with Crippen LogP contribution in [0.2, 0.25) is 0 Å². The summed E-state index contributed by atoms with van der Waals surface area (Å²) in [6, 6.07) is 17.5. The van der Waals surface area contributed by atoms with Crippen molar-refractivity contribution in [1.82, 2.24) is 14.9 Å². The second-order valence-corrected chi connectivity index (χ2v) is 8.13. The lowest BCUT2D eigenvalue weighted by molar-refractivity contribution is 0.0671. The highest BCUT2D eigenvalue weighted by molar-refractivity contribution is 5.94. The zero-order valence-corrected chi connectivity index (χ0v) is 18.1. The van der Waals surface area contributed by atoms with Gasteiger partial charge in [0, 0.05) is 36.2 Å². The molecule has 31 heavy (non-hydrogen) atoms. The molecule has 1 unspecified atom stereocenters. The molecular formula is C25H29N5O. The Bertz CT molecular complexity index is 1020. The van der Waals surface area contributed by atoms with E-state index in [2.05, 4.69) is 46.6 Å². The molecule has 1 saturated heterocycles. The van der Waals surface area contributed by atoms with Crippen LogP contribution < -0.4 is 10.6 Å². The molecule has 0 saturated carbocycles. The second-order valence-electron chi connectivity index (χ2n) is 8.13. The van der Waals surface area contributed by atoms with Gasteiger partial charge < -0.3 is 15.5 Å². The van der Waals surface area contributed by atoms with Crippen molar-refractivity contribution in [3.63, 3.8) is 0 Å². The molecule has 0 radical (unpaired) electrons. The average Bonchev–Trinajstić information content (AvgIpc) is 2.81. The van der Waals surface area contributed by atoms with Gasteiger partial charge in [0.25, 0.3) is 5.91 Å². The monoisotopic (exact) mass is 415 g/mol. The van der Waals surface area contributed by atoms with Crippen LogP contribution in [-0.2, 0) is 0 Å². The fraction of sp³-hybridized carbons (Fsp3) is 0.320. The minimum absolute atomic E-state index is 0.116. The number of piperidine rings is 1. The SMILES string of the molecule is CCC1CCCN(C(=O)c2ccc(Nc3nccc(Nc4ccc(C)cc4)n3)cc2)C1. The Kier molecular flexibility index (Phi) is 6.46.